The normalized spacial score (nSPS) is 11.0. The van der Waals surface area contributed by atoms with Crippen molar-refractivity contribution in [2.75, 3.05) is 24.4 Å². The Balaban J connectivity index is 2.27. The fourth-order valence-electron chi connectivity index (χ4n) is 1.82. The Hall–Kier alpha value is -2.33. The third-order valence-electron chi connectivity index (χ3n) is 2.81. The van der Waals surface area contributed by atoms with Crippen LogP contribution in [0.1, 0.15) is 17.3 Å². The smallest absolute Gasteiger partial charge is 0.343 e. The van der Waals surface area contributed by atoms with Gasteiger partial charge < -0.3 is 14.2 Å². The SMILES string of the molecule is CCOC(=O)c1cnc(SC)nc1Nc1ccc(OS(C)(=O)=O)cc1. The zero-order valence-electron chi connectivity index (χ0n) is 13.8. The van der Waals surface area contributed by atoms with Crippen LogP contribution in [0.4, 0.5) is 11.5 Å². The summed E-state index contributed by atoms with van der Waals surface area (Å²) in [6, 6.07) is 6.20. The molecule has 1 aromatic carbocycles. The van der Waals surface area contributed by atoms with Crippen molar-refractivity contribution in [2.45, 2.75) is 12.1 Å². The quantitative estimate of drug-likeness (QED) is 0.334. The van der Waals surface area contributed by atoms with E-state index in [0.29, 0.717) is 16.7 Å². The Labute approximate surface area is 150 Å². The van der Waals surface area contributed by atoms with Crippen molar-refractivity contribution in [1.82, 2.24) is 9.97 Å². The Kier molecular flexibility index (Phi) is 6.21. The van der Waals surface area contributed by atoms with Crippen molar-refractivity contribution in [2.24, 2.45) is 0 Å². The standard InChI is InChI=1S/C15H17N3O5S2/c1-4-22-14(19)12-9-16-15(24-2)18-13(12)17-10-5-7-11(8-6-10)23-25(3,20)21/h5-9H,4H2,1-3H3,(H,16,17,18). The molecule has 0 amide bonds. The van der Waals surface area contributed by atoms with Gasteiger partial charge in [0.15, 0.2) is 5.16 Å². The second-order valence-electron chi connectivity index (χ2n) is 4.78. The van der Waals surface area contributed by atoms with Crippen LogP contribution in [0.25, 0.3) is 0 Å². The molecule has 2 aromatic rings. The van der Waals surface area contributed by atoms with Gasteiger partial charge in [0.2, 0.25) is 0 Å². The number of carbonyl (C=O) groups is 1. The van der Waals surface area contributed by atoms with Crippen molar-refractivity contribution in [1.29, 1.82) is 0 Å². The number of hydrogen-bond acceptors (Lipinski definition) is 9. The largest absolute Gasteiger partial charge is 0.462 e. The Morgan fingerprint density at radius 1 is 1.28 bits per heavy atom. The highest BCUT2D eigenvalue weighted by Crippen LogP contribution is 2.24. The molecule has 0 unspecified atom stereocenters. The Bertz CT molecular complexity index is 854. The summed E-state index contributed by atoms with van der Waals surface area (Å²) < 4.78 is 32.0. The lowest BCUT2D eigenvalue weighted by atomic mass is 10.2. The number of thioether (sulfide) groups is 1. The van der Waals surface area contributed by atoms with Crippen LogP contribution < -0.4 is 9.50 Å². The number of benzene rings is 1. The molecule has 0 saturated heterocycles. The third-order valence-corrected chi connectivity index (χ3v) is 3.87. The first kappa shape index (κ1) is 19.0. The fourth-order valence-corrected chi connectivity index (χ4v) is 2.62. The minimum absolute atomic E-state index is 0.186. The molecule has 0 aliphatic heterocycles. The van der Waals surface area contributed by atoms with E-state index >= 15 is 0 Å². The maximum atomic E-state index is 12.0. The van der Waals surface area contributed by atoms with Gasteiger partial charge in [-0.25, -0.2) is 14.8 Å². The highest BCUT2D eigenvalue weighted by molar-refractivity contribution is 7.98. The maximum Gasteiger partial charge on any atom is 0.343 e. The molecule has 0 atom stereocenters. The van der Waals surface area contributed by atoms with E-state index in [1.807, 2.05) is 6.26 Å². The van der Waals surface area contributed by atoms with Gasteiger partial charge in [-0.3, -0.25) is 0 Å². The van der Waals surface area contributed by atoms with Gasteiger partial charge in [0.05, 0.1) is 12.9 Å². The second-order valence-corrected chi connectivity index (χ2v) is 7.12. The fraction of sp³-hybridized carbons (Fsp3) is 0.267. The van der Waals surface area contributed by atoms with E-state index in [0.717, 1.165) is 6.26 Å². The van der Waals surface area contributed by atoms with Crippen molar-refractivity contribution in [3.05, 3.63) is 36.0 Å². The van der Waals surface area contributed by atoms with Gasteiger partial charge in [0, 0.05) is 11.9 Å². The summed E-state index contributed by atoms with van der Waals surface area (Å²) in [5.74, 6) is -0.0459. The lowest BCUT2D eigenvalue weighted by Gasteiger charge is -2.11. The number of nitrogens with zero attached hydrogens (tertiary/aromatic N) is 2. The molecule has 10 heteroatoms. The number of carbonyl (C=O) groups excluding carboxylic acids is 1. The van der Waals surface area contributed by atoms with Crippen LogP contribution in [0.3, 0.4) is 0 Å². The molecular formula is C15H17N3O5S2. The molecule has 0 aliphatic carbocycles. The molecule has 1 N–H and O–H groups in total. The van der Waals surface area contributed by atoms with Crippen LogP contribution >= 0.6 is 11.8 Å². The van der Waals surface area contributed by atoms with E-state index in [-0.39, 0.29) is 17.9 Å². The van der Waals surface area contributed by atoms with E-state index in [2.05, 4.69) is 15.3 Å². The van der Waals surface area contributed by atoms with Gasteiger partial charge in [0.25, 0.3) is 0 Å². The van der Waals surface area contributed by atoms with Crippen LogP contribution in [-0.4, -0.2) is 43.5 Å². The van der Waals surface area contributed by atoms with Crippen LogP contribution in [-0.2, 0) is 14.9 Å². The molecule has 0 fully saturated rings. The van der Waals surface area contributed by atoms with Crippen LogP contribution in [0.5, 0.6) is 5.75 Å². The molecule has 0 radical (unpaired) electrons. The van der Waals surface area contributed by atoms with Crippen molar-refractivity contribution in [3.63, 3.8) is 0 Å². The monoisotopic (exact) mass is 383 g/mol. The molecule has 0 bridgehead atoms. The Morgan fingerprint density at radius 2 is 1.96 bits per heavy atom. The summed E-state index contributed by atoms with van der Waals surface area (Å²) in [5, 5.41) is 3.50. The predicted molar refractivity (Wildman–Crippen MR) is 95.0 cm³/mol. The molecule has 0 spiro atoms. The predicted octanol–water partition coefficient (Wildman–Crippen LogP) is 2.46. The van der Waals surface area contributed by atoms with Gasteiger partial charge >= 0.3 is 16.1 Å². The van der Waals surface area contributed by atoms with Crippen LogP contribution in [0.15, 0.2) is 35.6 Å². The molecular weight excluding hydrogens is 366 g/mol. The zero-order valence-corrected chi connectivity index (χ0v) is 15.5. The minimum Gasteiger partial charge on any atom is -0.462 e. The van der Waals surface area contributed by atoms with Gasteiger partial charge in [-0.2, -0.15) is 8.42 Å². The summed E-state index contributed by atoms with van der Waals surface area (Å²) in [4.78, 5) is 20.4. The lowest BCUT2D eigenvalue weighted by Crippen LogP contribution is -2.11. The first-order valence-electron chi connectivity index (χ1n) is 7.17. The first-order chi connectivity index (χ1) is 11.8. The Morgan fingerprint density at radius 3 is 2.52 bits per heavy atom. The number of esters is 1. The first-order valence-corrected chi connectivity index (χ1v) is 10.2. The number of anilines is 2. The van der Waals surface area contributed by atoms with Gasteiger partial charge in [0.1, 0.15) is 17.1 Å². The minimum atomic E-state index is -3.59. The number of rotatable bonds is 7. The summed E-state index contributed by atoms with van der Waals surface area (Å²) in [5.41, 5.74) is 0.799. The molecule has 2 rings (SSSR count). The van der Waals surface area contributed by atoms with E-state index in [4.69, 9.17) is 8.92 Å². The average Bonchev–Trinajstić information content (AvgIpc) is 2.55. The maximum absolute atomic E-state index is 12.0. The molecule has 134 valence electrons. The van der Waals surface area contributed by atoms with E-state index in [1.54, 1.807) is 19.1 Å². The van der Waals surface area contributed by atoms with Crippen molar-refractivity contribution >= 4 is 39.4 Å². The molecule has 1 aromatic heterocycles. The zero-order chi connectivity index (χ0) is 18.4. The summed E-state index contributed by atoms with van der Waals surface area (Å²) in [6.07, 6.45) is 4.19. The van der Waals surface area contributed by atoms with Gasteiger partial charge in [-0.15, -0.1) is 0 Å². The molecule has 1 heterocycles. The number of hydrogen-bond donors (Lipinski definition) is 1. The second kappa shape index (κ2) is 8.17. The van der Waals surface area contributed by atoms with Crippen molar-refractivity contribution < 1.29 is 22.1 Å². The van der Waals surface area contributed by atoms with Crippen molar-refractivity contribution in [3.8, 4) is 5.75 Å². The number of nitrogens with one attached hydrogen (secondary N) is 1. The number of ether oxygens (including phenoxy) is 1. The molecule has 0 aliphatic rings. The van der Waals surface area contributed by atoms with Gasteiger partial charge in [-0.05, 0) is 37.4 Å². The summed E-state index contributed by atoms with van der Waals surface area (Å²) in [6.45, 7) is 1.95. The average molecular weight is 383 g/mol. The highest BCUT2D eigenvalue weighted by atomic mass is 32.2. The van der Waals surface area contributed by atoms with Crippen LogP contribution in [0.2, 0.25) is 0 Å². The number of aromatic nitrogens is 2. The van der Waals surface area contributed by atoms with Gasteiger partial charge in [-0.1, -0.05) is 11.8 Å². The van der Waals surface area contributed by atoms with Crippen LogP contribution in [0, 0.1) is 0 Å². The highest BCUT2D eigenvalue weighted by Gasteiger charge is 2.16. The third kappa shape index (κ3) is 5.61. The van der Waals surface area contributed by atoms with E-state index < -0.39 is 16.1 Å². The molecule has 8 nitrogen and oxygen atoms in total. The summed E-state index contributed by atoms with van der Waals surface area (Å²) in [7, 11) is -3.59. The molecule has 25 heavy (non-hydrogen) atoms. The van der Waals surface area contributed by atoms with E-state index in [9.17, 15) is 13.2 Å². The molecule has 0 saturated carbocycles. The summed E-state index contributed by atoms with van der Waals surface area (Å²) >= 11 is 1.34. The van der Waals surface area contributed by atoms with E-state index in [1.165, 1.54) is 30.1 Å². The topological polar surface area (TPSA) is 107 Å². The lowest BCUT2D eigenvalue weighted by molar-refractivity contribution is 0.0526.